The summed E-state index contributed by atoms with van der Waals surface area (Å²) in [5.41, 5.74) is 0.232. The van der Waals surface area contributed by atoms with E-state index in [0.717, 1.165) is 0 Å². The van der Waals surface area contributed by atoms with Gasteiger partial charge in [-0.2, -0.15) is 9.99 Å². The van der Waals surface area contributed by atoms with E-state index in [4.69, 9.17) is 4.89 Å². The van der Waals surface area contributed by atoms with E-state index >= 15 is 0 Å². The molecule has 6 nitrogen and oxygen atoms in total. The van der Waals surface area contributed by atoms with Crippen molar-refractivity contribution in [2.45, 2.75) is 5.44 Å². The maximum atomic E-state index is 11.5. The minimum Gasteiger partial charge on any atom is -0.298 e. The second-order valence-corrected chi connectivity index (χ2v) is 4.01. The summed E-state index contributed by atoms with van der Waals surface area (Å²) < 4.78 is 0. The Morgan fingerprint density at radius 3 is 2.84 bits per heavy atom. The van der Waals surface area contributed by atoms with Gasteiger partial charge in [-0.3, -0.25) is 14.8 Å². The third kappa shape index (κ3) is 3.21. The number of hydrogen-bond acceptors (Lipinski definition) is 6. The molecule has 0 saturated carbocycles. The Kier molecular flexibility index (Phi) is 4.32. The largest absolute Gasteiger partial charge is 0.390 e. The number of nitrogens with one attached hydrogen (secondary N) is 1. The van der Waals surface area contributed by atoms with Crippen molar-refractivity contribution in [3.63, 3.8) is 0 Å². The zero-order chi connectivity index (χ0) is 13.7. The maximum absolute atomic E-state index is 11.5. The number of aromatic amines is 1. The highest BCUT2D eigenvalue weighted by molar-refractivity contribution is 7.80. The minimum atomic E-state index is -0.853. The second kappa shape index (κ2) is 6.17. The highest BCUT2D eigenvalue weighted by Crippen LogP contribution is 2.24. The molecule has 0 amide bonds. The topological polar surface area (TPSA) is 81.3 Å². The third-order valence-corrected chi connectivity index (χ3v) is 2.69. The number of carbonyl (C=O) groups is 2. The molecular formula is C12H10N2O4S. The molecule has 1 aromatic heterocycles. The van der Waals surface area contributed by atoms with Gasteiger partial charge in [0.2, 0.25) is 0 Å². The van der Waals surface area contributed by atoms with Gasteiger partial charge in [0.25, 0.3) is 0 Å². The zero-order valence-corrected chi connectivity index (χ0v) is 10.5. The van der Waals surface area contributed by atoms with Crippen LogP contribution in [-0.2, 0) is 9.78 Å². The molecule has 1 N–H and O–H groups in total. The lowest BCUT2D eigenvalue weighted by atomic mass is 10.1. The SMILES string of the molecule is O=Cc1ccccc1C(S)OOC(=O)c1ccn[nH]1. The number of aldehydes is 1. The Morgan fingerprint density at radius 1 is 1.37 bits per heavy atom. The van der Waals surface area contributed by atoms with E-state index in [2.05, 4.69) is 27.7 Å². The van der Waals surface area contributed by atoms with Crippen molar-refractivity contribution in [3.05, 3.63) is 53.3 Å². The molecule has 0 saturated heterocycles. The second-order valence-electron chi connectivity index (χ2n) is 3.54. The molecule has 0 bridgehead atoms. The minimum absolute atomic E-state index is 0.157. The molecule has 1 aromatic carbocycles. The van der Waals surface area contributed by atoms with Gasteiger partial charge < -0.3 is 0 Å². The number of nitrogens with zero attached hydrogens (tertiary/aromatic N) is 1. The Bertz CT molecular complexity index is 571. The number of hydrogen-bond donors (Lipinski definition) is 2. The number of aromatic nitrogens is 2. The van der Waals surface area contributed by atoms with E-state index in [1.54, 1.807) is 24.3 Å². The fourth-order valence-corrected chi connectivity index (χ4v) is 1.68. The zero-order valence-electron chi connectivity index (χ0n) is 9.65. The van der Waals surface area contributed by atoms with Crippen LogP contribution in [0, 0.1) is 0 Å². The fourth-order valence-electron chi connectivity index (χ4n) is 1.40. The van der Waals surface area contributed by atoms with Crippen LogP contribution in [0.3, 0.4) is 0 Å². The molecule has 2 rings (SSSR count). The summed E-state index contributed by atoms with van der Waals surface area (Å²) in [5, 5.41) is 6.05. The van der Waals surface area contributed by atoms with E-state index in [9.17, 15) is 9.59 Å². The number of rotatable bonds is 5. The maximum Gasteiger partial charge on any atom is 0.390 e. The molecule has 0 aliphatic rings. The van der Waals surface area contributed by atoms with Crippen LogP contribution >= 0.6 is 12.6 Å². The number of benzene rings is 1. The Balaban J connectivity index is 1.99. The molecule has 2 aromatic rings. The van der Waals surface area contributed by atoms with Crippen LogP contribution in [0.4, 0.5) is 0 Å². The monoisotopic (exact) mass is 278 g/mol. The molecule has 1 heterocycles. The van der Waals surface area contributed by atoms with Crippen molar-refractivity contribution >= 4 is 24.9 Å². The predicted molar refractivity (Wildman–Crippen MR) is 68.6 cm³/mol. The van der Waals surface area contributed by atoms with Gasteiger partial charge in [0.15, 0.2) is 5.44 Å². The average molecular weight is 278 g/mol. The van der Waals surface area contributed by atoms with Gasteiger partial charge in [-0.1, -0.05) is 24.3 Å². The molecule has 1 atom stereocenters. The van der Waals surface area contributed by atoms with Crippen molar-refractivity contribution in [1.29, 1.82) is 0 Å². The van der Waals surface area contributed by atoms with Crippen LogP contribution in [0.15, 0.2) is 36.5 Å². The van der Waals surface area contributed by atoms with Crippen molar-refractivity contribution in [3.8, 4) is 0 Å². The molecule has 1 unspecified atom stereocenters. The summed E-state index contributed by atoms with van der Waals surface area (Å²) >= 11 is 4.13. The van der Waals surface area contributed by atoms with Crippen LogP contribution in [0.25, 0.3) is 0 Å². The first-order valence-corrected chi connectivity index (χ1v) is 5.83. The lowest BCUT2D eigenvalue weighted by Crippen LogP contribution is -2.09. The summed E-state index contributed by atoms with van der Waals surface area (Å²) in [5.74, 6) is -0.722. The Labute approximate surface area is 114 Å². The quantitative estimate of drug-likeness (QED) is 0.287. The lowest BCUT2D eigenvalue weighted by molar-refractivity contribution is -0.253. The first kappa shape index (κ1) is 13.3. The van der Waals surface area contributed by atoms with E-state index in [1.807, 2.05) is 0 Å². The van der Waals surface area contributed by atoms with Crippen molar-refractivity contribution < 1.29 is 19.4 Å². The number of carbonyl (C=O) groups excluding carboxylic acids is 2. The van der Waals surface area contributed by atoms with Gasteiger partial charge in [-0.05, 0) is 6.07 Å². The van der Waals surface area contributed by atoms with Gasteiger partial charge in [0.1, 0.15) is 12.0 Å². The standard InChI is InChI=1S/C12H10N2O4S/c15-7-8-3-1-2-4-9(8)12(19)18-17-11(16)10-5-6-13-14-10/h1-7,12,19H,(H,13,14). The van der Waals surface area contributed by atoms with Crippen molar-refractivity contribution in [2.75, 3.05) is 0 Å². The number of thiol groups is 1. The molecule has 0 aliphatic carbocycles. The molecular weight excluding hydrogens is 268 g/mol. The summed E-state index contributed by atoms with van der Waals surface area (Å²) in [4.78, 5) is 31.8. The predicted octanol–water partition coefficient (Wildman–Crippen LogP) is 1.94. The summed E-state index contributed by atoms with van der Waals surface area (Å²) in [7, 11) is 0. The van der Waals surface area contributed by atoms with Crippen LogP contribution in [0.5, 0.6) is 0 Å². The first-order valence-electron chi connectivity index (χ1n) is 5.31. The van der Waals surface area contributed by atoms with Gasteiger partial charge in [0, 0.05) is 17.3 Å². The van der Waals surface area contributed by atoms with Crippen molar-refractivity contribution in [2.24, 2.45) is 0 Å². The van der Waals surface area contributed by atoms with E-state index in [-0.39, 0.29) is 5.69 Å². The van der Waals surface area contributed by atoms with Crippen molar-refractivity contribution in [1.82, 2.24) is 10.2 Å². The van der Waals surface area contributed by atoms with E-state index < -0.39 is 11.4 Å². The lowest BCUT2D eigenvalue weighted by Gasteiger charge is -2.12. The Hall–Kier alpha value is -2.12. The molecule has 19 heavy (non-hydrogen) atoms. The number of H-pyrrole nitrogens is 1. The van der Waals surface area contributed by atoms with E-state index in [0.29, 0.717) is 17.4 Å². The van der Waals surface area contributed by atoms with Crippen LogP contribution < -0.4 is 0 Å². The van der Waals surface area contributed by atoms with E-state index in [1.165, 1.54) is 12.3 Å². The molecule has 0 spiro atoms. The summed E-state index contributed by atoms with van der Waals surface area (Å²) in [6.45, 7) is 0. The third-order valence-electron chi connectivity index (χ3n) is 2.32. The smallest absolute Gasteiger partial charge is 0.298 e. The average Bonchev–Trinajstić information content (AvgIpc) is 2.98. The van der Waals surface area contributed by atoms with Gasteiger partial charge in [0.05, 0.1) is 0 Å². The molecule has 0 radical (unpaired) electrons. The normalized spacial score (nSPS) is 11.8. The highest BCUT2D eigenvalue weighted by Gasteiger charge is 2.16. The highest BCUT2D eigenvalue weighted by atomic mass is 32.1. The van der Waals surface area contributed by atoms with Crippen LogP contribution in [0.1, 0.15) is 31.8 Å². The molecule has 7 heteroatoms. The Morgan fingerprint density at radius 2 is 2.16 bits per heavy atom. The molecule has 0 aliphatic heterocycles. The van der Waals surface area contributed by atoms with Crippen LogP contribution in [0.2, 0.25) is 0 Å². The summed E-state index contributed by atoms with van der Waals surface area (Å²) in [6, 6.07) is 8.16. The fraction of sp³-hybridized carbons (Fsp3) is 0.0833. The first-order chi connectivity index (χ1) is 9.22. The summed E-state index contributed by atoms with van der Waals surface area (Å²) in [6.07, 6.45) is 2.09. The molecule has 0 fully saturated rings. The molecule has 98 valence electrons. The van der Waals surface area contributed by atoms with Gasteiger partial charge in [-0.15, -0.1) is 12.6 Å². The van der Waals surface area contributed by atoms with Gasteiger partial charge >= 0.3 is 5.97 Å². The van der Waals surface area contributed by atoms with Crippen LogP contribution in [-0.4, -0.2) is 22.5 Å². The van der Waals surface area contributed by atoms with Gasteiger partial charge in [-0.25, -0.2) is 4.79 Å².